The van der Waals surface area contributed by atoms with Crippen LogP contribution in [0.3, 0.4) is 0 Å². The lowest BCUT2D eigenvalue weighted by Gasteiger charge is -2.08. The number of Topliss-reactive ketones (excluding diaryl/α,β-unsaturated/α-hetero) is 1. The second-order valence-electron chi connectivity index (χ2n) is 3.02. The number of carbonyl (C=O) groups is 1. The van der Waals surface area contributed by atoms with Crippen LogP contribution >= 0.6 is 24.2 Å². The molecule has 0 heterocycles. The second kappa shape index (κ2) is 6.06. The molecule has 0 aliphatic rings. The van der Waals surface area contributed by atoms with E-state index in [0.29, 0.717) is 10.5 Å². The Morgan fingerprint density at radius 3 is 2.75 bits per heavy atom. The van der Waals surface area contributed by atoms with Gasteiger partial charge < -0.3 is 4.74 Å². The third kappa shape index (κ3) is 3.98. The standard InChI is InChI=1S/C10H9ClF2O2S/c11-5-7(14)3-6-4-8(15-10(12)13)1-2-9(6)16/h1-2,4,10,16H,3,5H2. The maximum atomic E-state index is 12.0. The van der Waals surface area contributed by atoms with Gasteiger partial charge in [0.15, 0.2) is 5.78 Å². The minimum Gasteiger partial charge on any atom is -0.435 e. The summed E-state index contributed by atoms with van der Waals surface area (Å²) in [5.74, 6) is -0.316. The molecule has 0 saturated heterocycles. The van der Waals surface area contributed by atoms with Crippen molar-refractivity contribution >= 4 is 30.0 Å². The zero-order chi connectivity index (χ0) is 12.1. The molecule has 1 aromatic rings. The summed E-state index contributed by atoms with van der Waals surface area (Å²) in [6.45, 7) is -2.89. The fourth-order valence-electron chi connectivity index (χ4n) is 1.14. The van der Waals surface area contributed by atoms with Crippen LogP contribution in [0.4, 0.5) is 8.78 Å². The number of ketones is 1. The molecule has 0 saturated carbocycles. The Balaban J connectivity index is 2.86. The van der Waals surface area contributed by atoms with Crippen LogP contribution in [0.5, 0.6) is 5.75 Å². The molecule has 0 aliphatic heterocycles. The first-order valence-electron chi connectivity index (χ1n) is 4.37. The average Bonchev–Trinajstić information content (AvgIpc) is 2.22. The van der Waals surface area contributed by atoms with Crippen LogP contribution in [-0.4, -0.2) is 18.3 Å². The van der Waals surface area contributed by atoms with Crippen molar-refractivity contribution in [2.24, 2.45) is 0 Å². The van der Waals surface area contributed by atoms with Crippen molar-refractivity contribution < 1.29 is 18.3 Å². The number of rotatable bonds is 5. The van der Waals surface area contributed by atoms with Gasteiger partial charge in [-0.1, -0.05) is 0 Å². The lowest BCUT2D eigenvalue weighted by atomic mass is 10.1. The number of halogens is 3. The summed E-state index contributed by atoms with van der Waals surface area (Å²) in [5, 5.41) is 0. The summed E-state index contributed by atoms with van der Waals surface area (Å²) in [6, 6.07) is 4.22. The predicted octanol–water partition coefficient (Wildman–Crippen LogP) is 2.93. The third-order valence-corrected chi connectivity index (χ3v) is 2.55. The van der Waals surface area contributed by atoms with Gasteiger partial charge in [0.05, 0.1) is 5.88 Å². The summed E-state index contributed by atoms with van der Waals surface area (Å²) < 4.78 is 28.1. The predicted molar refractivity (Wildman–Crippen MR) is 59.8 cm³/mol. The Labute approximate surface area is 102 Å². The highest BCUT2D eigenvalue weighted by atomic mass is 35.5. The molecule has 0 aromatic heterocycles. The van der Waals surface area contributed by atoms with E-state index in [-0.39, 0.29) is 23.8 Å². The van der Waals surface area contributed by atoms with Crippen molar-refractivity contribution in [2.45, 2.75) is 17.9 Å². The van der Waals surface area contributed by atoms with Gasteiger partial charge in [-0.25, -0.2) is 0 Å². The molecule has 0 amide bonds. The molecule has 0 unspecified atom stereocenters. The van der Waals surface area contributed by atoms with E-state index in [4.69, 9.17) is 11.6 Å². The van der Waals surface area contributed by atoms with E-state index >= 15 is 0 Å². The Morgan fingerprint density at radius 2 is 2.19 bits per heavy atom. The smallest absolute Gasteiger partial charge is 0.387 e. The summed E-state index contributed by atoms with van der Waals surface area (Å²) >= 11 is 9.46. The van der Waals surface area contributed by atoms with Crippen molar-refractivity contribution in [1.82, 2.24) is 0 Å². The van der Waals surface area contributed by atoms with Crippen LogP contribution in [0.25, 0.3) is 0 Å². The first kappa shape index (κ1) is 13.3. The van der Waals surface area contributed by atoms with E-state index in [1.807, 2.05) is 0 Å². The van der Waals surface area contributed by atoms with Gasteiger partial charge in [0.1, 0.15) is 5.75 Å². The minimum absolute atomic E-state index is 0.00479. The number of ether oxygens (including phenoxy) is 1. The molecular weight excluding hydrogens is 258 g/mol. The maximum Gasteiger partial charge on any atom is 0.387 e. The lowest BCUT2D eigenvalue weighted by Crippen LogP contribution is -2.06. The average molecular weight is 267 g/mol. The molecule has 16 heavy (non-hydrogen) atoms. The first-order chi connectivity index (χ1) is 7.52. The van der Waals surface area contributed by atoms with Crippen LogP contribution in [0.15, 0.2) is 23.1 Å². The number of carbonyl (C=O) groups excluding carboxylic acids is 1. The number of benzene rings is 1. The summed E-state index contributed by atoms with van der Waals surface area (Å²) in [4.78, 5) is 11.7. The Bertz CT molecular complexity index is 385. The number of hydrogen-bond donors (Lipinski definition) is 1. The van der Waals surface area contributed by atoms with Crippen molar-refractivity contribution in [1.29, 1.82) is 0 Å². The van der Waals surface area contributed by atoms with Gasteiger partial charge in [0, 0.05) is 11.3 Å². The largest absolute Gasteiger partial charge is 0.435 e. The fourth-order valence-corrected chi connectivity index (χ4v) is 1.45. The highest BCUT2D eigenvalue weighted by Gasteiger charge is 2.09. The highest BCUT2D eigenvalue weighted by Crippen LogP contribution is 2.22. The summed E-state index contributed by atoms with van der Waals surface area (Å²) in [7, 11) is 0. The Hall–Kier alpha value is -0.810. The van der Waals surface area contributed by atoms with E-state index < -0.39 is 6.61 Å². The van der Waals surface area contributed by atoms with Gasteiger partial charge in [0.25, 0.3) is 0 Å². The lowest BCUT2D eigenvalue weighted by molar-refractivity contribution is -0.116. The monoisotopic (exact) mass is 266 g/mol. The number of thiol groups is 1. The van der Waals surface area contributed by atoms with Crippen molar-refractivity contribution in [3.8, 4) is 5.75 Å². The highest BCUT2D eigenvalue weighted by molar-refractivity contribution is 7.80. The van der Waals surface area contributed by atoms with Gasteiger partial charge in [-0.15, -0.1) is 24.2 Å². The molecule has 0 radical (unpaired) electrons. The van der Waals surface area contributed by atoms with Gasteiger partial charge >= 0.3 is 6.61 Å². The Morgan fingerprint density at radius 1 is 1.50 bits per heavy atom. The van der Waals surface area contributed by atoms with Crippen LogP contribution in [0.1, 0.15) is 5.56 Å². The van der Waals surface area contributed by atoms with Crippen molar-refractivity contribution in [3.63, 3.8) is 0 Å². The van der Waals surface area contributed by atoms with Gasteiger partial charge in [0.2, 0.25) is 0 Å². The fraction of sp³-hybridized carbons (Fsp3) is 0.300. The normalized spacial score (nSPS) is 10.6. The molecule has 1 aromatic carbocycles. The summed E-state index contributed by atoms with van der Waals surface area (Å²) in [6.07, 6.45) is 0.0583. The molecule has 0 bridgehead atoms. The molecule has 0 aliphatic carbocycles. The molecule has 6 heteroatoms. The van der Waals surface area contributed by atoms with Crippen LogP contribution in [-0.2, 0) is 11.2 Å². The van der Waals surface area contributed by atoms with E-state index in [1.54, 1.807) is 0 Å². The molecular formula is C10H9ClF2O2S. The first-order valence-corrected chi connectivity index (χ1v) is 5.35. The van der Waals surface area contributed by atoms with E-state index in [9.17, 15) is 13.6 Å². The van der Waals surface area contributed by atoms with Crippen LogP contribution < -0.4 is 4.74 Å². The second-order valence-corrected chi connectivity index (χ2v) is 3.77. The molecule has 2 nitrogen and oxygen atoms in total. The van der Waals surface area contributed by atoms with Crippen molar-refractivity contribution in [3.05, 3.63) is 23.8 Å². The third-order valence-electron chi connectivity index (χ3n) is 1.81. The molecule has 0 fully saturated rings. The van der Waals surface area contributed by atoms with Crippen LogP contribution in [0.2, 0.25) is 0 Å². The number of hydrogen-bond acceptors (Lipinski definition) is 3. The van der Waals surface area contributed by atoms with Gasteiger partial charge in [-0.05, 0) is 23.8 Å². The van der Waals surface area contributed by atoms with E-state index in [0.717, 1.165) is 0 Å². The van der Waals surface area contributed by atoms with Gasteiger partial charge in [-0.2, -0.15) is 8.78 Å². The maximum absolute atomic E-state index is 12.0. The quantitative estimate of drug-likeness (QED) is 0.655. The SMILES string of the molecule is O=C(CCl)Cc1cc(OC(F)F)ccc1S. The number of alkyl halides is 3. The van der Waals surface area contributed by atoms with E-state index in [1.165, 1.54) is 18.2 Å². The molecule has 0 N–H and O–H groups in total. The Kier molecular flexibility index (Phi) is 5.02. The minimum atomic E-state index is -2.89. The van der Waals surface area contributed by atoms with E-state index in [2.05, 4.69) is 17.4 Å². The van der Waals surface area contributed by atoms with Gasteiger partial charge in [-0.3, -0.25) is 4.79 Å². The topological polar surface area (TPSA) is 26.3 Å². The zero-order valence-corrected chi connectivity index (χ0v) is 9.77. The molecule has 0 spiro atoms. The molecule has 88 valence electrons. The van der Waals surface area contributed by atoms with Crippen LogP contribution in [0, 0.1) is 0 Å². The van der Waals surface area contributed by atoms with Crippen molar-refractivity contribution in [2.75, 3.05) is 5.88 Å². The molecule has 0 atom stereocenters. The zero-order valence-electron chi connectivity index (χ0n) is 8.12. The molecule has 1 rings (SSSR count). The summed E-state index contributed by atoms with van der Waals surface area (Å²) in [5.41, 5.74) is 0.520.